The topological polar surface area (TPSA) is 90.1 Å². The van der Waals surface area contributed by atoms with E-state index in [-0.39, 0.29) is 6.10 Å². The van der Waals surface area contributed by atoms with E-state index in [4.69, 9.17) is 19.2 Å². The van der Waals surface area contributed by atoms with E-state index in [2.05, 4.69) is 23.0 Å². The summed E-state index contributed by atoms with van der Waals surface area (Å²) in [6, 6.07) is 9.67. The van der Waals surface area contributed by atoms with Gasteiger partial charge in [0.2, 0.25) is 5.88 Å². The lowest BCUT2D eigenvalue weighted by atomic mass is 10.0. The molecule has 160 valence electrons. The normalized spacial score (nSPS) is 15.5. The molecule has 1 saturated heterocycles. The summed E-state index contributed by atoms with van der Waals surface area (Å²) in [6.45, 7) is 4.15. The van der Waals surface area contributed by atoms with Crippen molar-refractivity contribution in [3.05, 3.63) is 48.0 Å². The maximum Gasteiger partial charge on any atom is 0.224 e. The largest absolute Gasteiger partial charge is 0.474 e. The van der Waals surface area contributed by atoms with E-state index in [0.717, 1.165) is 40.7 Å². The number of benzene rings is 1. The van der Waals surface area contributed by atoms with Gasteiger partial charge < -0.3 is 14.2 Å². The molecule has 1 aromatic carbocycles. The van der Waals surface area contributed by atoms with E-state index < -0.39 is 0 Å². The minimum absolute atomic E-state index is 0.0682. The molecule has 3 aromatic rings. The van der Waals surface area contributed by atoms with Crippen molar-refractivity contribution in [3.8, 4) is 23.1 Å². The van der Waals surface area contributed by atoms with E-state index in [1.54, 1.807) is 25.6 Å². The van der Waals surface area contributed by atoms with Gasteiger partial charge in [-0.15, -0.1) is 0 Å². The maximum atomic E-state index is 9.31. The van der Waals surface area contributed by atoms with Crippen LogP contribution in [0, 0.1) is 17.2 Å². The van der Waals surface area contributed by atoms with Crippen LogP contribution in [-0.4, -0.2) is 48.0 Å². The third-order valence-corrected chi connectivity index (χ3v) is 5.37. The summed E-state index contributed by atoms with van der Waals surface area (Å²) in [7, 11) is 1.70. The Kier molecular flexibility index (Phi) is 6.70. The van der Waals surface area contributed by atoms with Crippen LogP contribution in [0.15, 0.2) is 36.7 Å². The third kappa shape index (κ3) is 4.98. The molecule has 1 aliphatic heterocycles. The second kappa shape index (κ2) is 9.82. The van der Waals surface area contributed by atoms with Crippen molar-refractivity contribution in [1.82, 2.24) is 15.0 Å². The summed E-state index contributed by atoms with van der Waals surface area (Å²) in [5.41, 5.74) is 3.12. The molecule has 0 unspecified atom stereocenters. The van der Waals surface area contributed by atoms with Gasteiger partial charge in [-0.05, 0) is 23.6 Å². The Morgan fingerprint density at radius 3 is 2.84 bits per heavy atom. The Morgan fingerprint density at radius 2 is 2.06 bits per heavy atom. The molecule has 1 aliphatic rings. The highest BCUT2D eigenvalue weighted by molar-refractivity contribution is 5.95. The van der Waals surface area contributed by atoms with Crippen LogP contribution < -0.4 is 4.74 Å². The van der Waals surface area contributed by atoms with Gasteiger partial charge in [-0.3, -0.25) is 0 Å². The Bertz CT molecular complexity index is 1090. The quantitative estimate of drug-likeness (QED) is 0.574. The molecule has 4 rings (SSSR count). The van der Waals surface area contributed by atoms with Gasteiger partial charge in [-0.2, -0.15) is 5.26 Å². The number of rotatable bonds is 7. The summed E-state index contributed by atoms with van der Waals surface area (Å²) < 4.78 is 16.9. The number of nitrogens with zero attached hydrogens (tertiary/aromatic N) is 4. The van der Waals surface area contributed by atoms with Crippen molar-refractivity contribution in [3.63, 3.8) is 0 Å². The van der Waals surface area contributed by atoms with Gasteiger partial charge in [0.15, 0.2) is 0 Å². The van der Waals surface area contributed by atoms with Crippen molar-refractivity contribution in [2.75, 3.05) is 26.9 Å². The number of methoxy groups -OCH3 is 1. The van der Waals surface area contributed by atoms with Gasteiger partial charge in [0, 0.05) is 50.9 Å². The van der Waals surface area contributed by atoms with Crippen LogP contribution in [0.5, 0.6) is 5.88 Å². The van der Waals surface area contributed by atoms with Crippen LogP contribution in [0.2, 0.25) is 0 Å². The van der Waals surface area contributed by atoms with E-state index in [1.807, 2.05) is 18.2 Å². The standard InChI is InChI=1S/C24H26N4O3/c1-16(15-29-2)10-22-26-14-21-23(28-22)20(18-5-3-4-17(11-18)12-25)13-27-24(21)31-19-6-8-30-9-7-19/h3-5,11,13-14,16,19H,6-10,15H2,1-2H3/t16-/m1/s1. The van der Waals surface area contributed by atoms with Crippen LogP contribution in [0.4, 0.5) is 0 Å². The molecule has 31 heavy (non-hydrogen) atoms. The van der Waals surface area contributed by atoms with Crippen molar-refractivity contribution >= 4 is 10.9 Å². The predicted molar refractivity (Wildman–Crippen MR) is 117 cm³/mol. The zero-order chi connectivity index (χ0) is 21.6. The maximum absolute atomic E-state index is 9.31. The number of ether oxygens (including phenoxy) is 3. The van der Waals surface area contributed by atoms with Gasteiger partial charge >= 0.3 is 0 Å². The van der Waals surface area contributed by atoms with Crippen molar-refractivity contribution in [1.29, 1.82) is 5.26 Å². The van der Waals surface area contributed by atoms with Crippen LogP contribution in [0.1, 0.15) is 31.2 Å². The van der Waals surface area contributed by atoms with Crippen molar-refractivity contribution < 1.29 is 14.2 Å². The van der Waals surface area contributed by atoms with Gasteiger partial charge in [0.05, 0.1) is 35.7 Å². The van der Waals surface area contributed by atoms with E-state index in [9.17, 15) is 5.26 Å². The first kappa shape index (κ1) is 21.2. The van der Waals surface area contributed by atoms with Gasteiger partial charge in [0.25, 0.3) is 0 Å². The Hall–Kier alpha value is -3.08. The fraction of sp³-hybridized carbons (Fsp3) is 0.417. The number of nitriles is 1. The number of aromatic nitrogens is 3. The Morgan fingerprint density at radius 1 is 1.23 bits per heavy atom. The highest BCUT2D eigenvalue weighted by Gasteiger charge is 2.20. The lowest BCUT2D eigenvalue weighted by Gasteiger charge is -2.23. The van der Waals surface area contributed by atoms with E-state index in [1.165, 1.54) is 0 Å². The molecule has 0 bridgehead atoms. The summed E-state index contributed by atoms with van der Waals surface area (Å²) >= 11 is 0. The molecule has 0 N–H and O–H groups in total. The second-order valence-electron chi connectivity index (χ2n) is 7.91. The average molecular weight is 418 g/mol. The fourth-order valence-electron chi connectivity index (χ4n) is 3.80. The fourth-order valence-corrected chi connectivity index (χ4v) is 3.80. The lowest BCUT2D eigenvalue weighted by Crippen LogP contribution is -2.26. The van der Waals surface area contributed by atoms with E-state index >= 15 is 0 Å². The van der Waals surface area contributed by atoms with Gasteiger partial charge in [-0.1, -0.05) is 19.1 Å². The number of hydrogen-bond donors (Lipinski definition) is 0. The number of pyridine rings is 1. The molecule has 1 fully saturated rings. The summed E-state index contributed by atoms with van der Waals surface area (Å²) in [6.07, 6.45) is 6.03. The van der Waals surface area contributed by atoms with Gasteiger partial charge in [-0.25, -0.2) is 15.0 Å². The monoisotopic (exact) mass is 418 g/mol. The smallest absolute Gasteiger partial charge is 0.224 e. The lowest BCUT2D eigenvalue weighted by molar-refractivity contribution is 0.0244. The van der Waals surface area contributed by atoms with Crippen LogP contribution in [0.3, 0.4) is 0 Å². The van der Waals surface area contributed by atoms with Crippen molar-refractivity contribution in [2.24, 2.45) is 5.92 Å². The zero-order valence-corrected chi connectivity index (χ0v) is 17.9. The Balaban J connectivity index is 1.77. The number of hydrogen-bond acceptors (Lipinski definition) is 7. The molecule has 1 atom stereocenters. The summed E-state index contributed by atoms with van der Waals surface area (Å²) in [4.78, 5) is 14.1. The minimum Gasteiger partial charge on any atom is -0.474 e. The molecule has 7 nitrogen and oxygen atoms in total. The molecule has 0 spiro atoms. The second-order valence-corrected chi connectivity index (χ2v) is 7.91. The summed E-state index contributed by atoms with van der Waals surface area (Å²) in [5, 5.41) is 10.1. The molecule has 7 heteroatoms. The highest BCUT2D eigenvalue weighted by atomic mass is 16.5. The first-order chi connectivity index (χ1) is 15.2. The molecule has 0 saturated carbocycles. The minimum atomic E-state index is 0.0682. The van der Waals surface area contributed by atoms with E-state index in [0.29, 0.717) is 43.6 Å². The molecule has 2 aromatic heterocycles. The van der Waals surface area contributed by atoms with Crippen LogP contribution in [0.25, 0.3) is 22.0 Å². The first-order valence-corrected chi connectivity index (χ1v) is 10.6. The molecular formula is C24H26N4O3. The number of fused-ring (bicyclic) bond motifs is 1. The molecule has 3 heterocycles. The average Bonchev–Trinajstić information content (AvgIpc) is 2.80. The summed E-state index contributed by atoms with van der Waals surface area (Å²) in [5.74, 6) is 1.59. The third-order valence-electron chi connectivity index (χ3n) is 5.37. The molecular weight excluding hydrogens is 392 g/mol. The van der Waals surface area contributed by atoms with Crippen LogP contribution in [-0.2, 0) is 15.9 Å². The van der Waals surface area contributed by atoms with Gasteiger partial charge in [0.1, 0.15) is 11.9 Å². The van der Waals surface area contributed by atoms with Crippen molar-refractivity contribution in [2.45, 2.75) is 32.3 Å². The molecule has 0 amide bonds. The Labute approximate surface area is 182 Å². The highest BCUT2D eigenvalue weighted by Crippen LogP contribution is 2.33. The SMILES string of the molecule is COC[C@H](C)Cc1ncc2c(OC3CCOCC3)ncc(-c3cccc(C#N)c3)c2n1. The molecule has 0 radical (unpaired) electrons. The zero-order valence-electron chi connectivity index (χ0n) is 17.9. The molecule has 0 aliphatic carbocycles. The first-order valence-electron chi connectivity index (χ1n) is 10.6. The predicted octanol–water partition coefficient (Wildman–Crippen LogP) is 3.95. The van der Waals surface area contributed by atoms with Crippen LogP contribution >= 0.6 is 0 Å².